The molecule has 2 aromatic carbocycles. The van der Waals surface area contributed by atoms with Crippen LogP contribution in [0, 0.1) is 23.3 Å². The lowest BCUT2D eigenvalue weighted by Crippen LogP contribution is -1.96. The van der Waals surface area contributed by atoms with Crippen LogP contribution in [-0.4, -0.2) is 0 Å². The third kappa shape index (κ3) is 2.92. The Morgan fingerprint density at radius 2 is 1.45 bits per heavy atom. The maximum atomic E-state index is 13.7. The number of halogens is 4. The van der Waals surface area contributed by atoms with Crippen molar-refractivity contribution in [1.82, 2.24) is 0 Å². The molecule has 0 N–H and O–H groups in total. The van der Waals surface area contributed by atoms with Crippen molar-refractivity contribution in [3.8, 4) is 11.5 Å². The molecular formula is C15H12F4O. The molecule has 0 aliphatic rings. The Morgan fingerprint density at radius 1 is 0.800 bits per heavy atom. The summed E-state index contributed by atoms with van der Waals surface area (Å²) >= 11 is 0. The fraction of sp³-hybridized carbons (Fsp3) is 0.200. The second kappa shape index (κ2) is 5.53. The van der Waals surface area contributed by atoms with Crippen LogP contribution in [0.4, 0.5) is 17.6 Å². The van der Waals surface area contributed by atoms with Gasteiger partial charge in [0.1, 0.15) is 11.6 Å². The average Bonchev–Trinajstić information content (AvgIpc) is 2.35. The summed E-state index contributed by atoms with van der Waals surface area (Å²) in [4.78, 5) is 0. The highest BCUT2D eigenvalue weighted by Crippen LogP contribution is 2.29. The zero-order valence-electron chi connectivity index (χ0n) is 10.9. The fourth-order valence-electron chi connectivity index (χ4n) is 1.75. The first-order valence-electron chi connectivity index (χ1n) is 6.00. The van der Waals surface area contributed by atoms with Gasteiger partial charge >= 0.3 is 0 Å². The van der Waals surface area contributed by atoms with Crippen molar-refractivity contribution in [2.24, 2.45) is 0 Å². The monoisotopic (exact) mass is 284 g/mol. The van der Waals surface area contributed by atoms with Crippen molar-refractivity contribution in [2.75, 3.05) is 0 Å². The third-order valence-corrected chi connectivity index (χ3v) is 2.80. The highest BCUT2D eigenvalue weighted by molar-refractivity contribution is 5.36. The Bertz CT molecular complexity index is 638. The Hall–Kier alpha value is -2.04. The Labute approximate surface area is 113 Å². The molecule has 5 heteroatoms. The van der Waals surface area contributed by atoms with Gasteiger partial charge in [-0.05, 0) is 17.5 Å². The van der Waals surface area contributed by atoms with E-state index in [1.54, 1.807) is 0 Å². The van der Waals surface area contributed by atoms with Gasteiger partial charge in [0.2, 0.25) is 0 Å². The van der Waals surface area contributed by atoms with E-state index in [-0.39, 0.29) is 11.7 Å². The molecule has 0 atom stereocenters. The number of hydrogen-bond donors (Lipinski definition) is 0. The van der Waals surface area contributed by atoms with Crippen LogP contribution in [0.2, 0.25) is 0 Å². The Kier molecular flexibility index (Phi) is 3.97. The van der Waals surface area contributed by atoms with Gasteiger partial charge in [0.05, 0.1) is 0 Å². The Morgan fingerprint density at radius 3 is 2.05 bits per heavy atom. The molecule has 106 valence electrons. The van der Waals surface area contributed by atoms with Gasteiger partial charge in [0, 0.05) is 18.2 Å². The first-order valence-corrected chi connectivity index (χ1v) is 6.00. The first-order chi connectivity index (χ1) is 9.38. The molecule has 0 bridgehead atoms. The van der Waals surface area contributed by atoms with E-state index in [2.05, 4.69) is 0 Å². The Balaban J connectivity index is 2.31. The van der Waals surface area contributed by atoms with E-state index >= 15 is 0 Å². The summed E-state index contributed by atoms with van der Waals surface area (Å²) in [6.45, 7) is 3.65. The van der Waals surface area contributed by atoms with Crippen molar-refractivity contribution in [1.29, 1.82) is 0 Å². The molecule has 0 aliphatic heterocycles. The van der Waals surface area contributed by atoms with Crippen LogP contribution in [0.5, 0.6) is 11.5 Å². The smallest absolute Gasteiger partial charge is 0.168 e. The highest BCUT2D eigenvalue weighted by Gasteiger charge is 2.13. The van der Waals surface area contributed by atoms with E-state index in [0.29, 0.717) is 17.7 Å². The van der Waals surface area contributed by atoms with Crippen LogP contribution in [0.15, 0.2) is 30.3 Å². The fourth-order valence-corrected chi connectivity index (χ4v) is 1.75. The van der Waals surface area contributed by atoms with E-state index in [1.165, 1.54) is 12.1 Å². The van der Waals surface area contributed by atoms with Crippen LogP contribution in [0.25, 0.3) is 0 Å². The molecule has 0 saturated carbocycles. The molecular weight excluding hydrogens is 272 g/mol. The molecule has 0 radical (unpaired) electrons. The second-order valence-corrected chi connectivity index (χ2v) is 4.64. The quantitative estimate of drug-likeness (QED) is 0.559. The predicted molar refractivity (Wildman–Crippen MR) is 66.9 cm³/mol. The van der Waals surface area contributed by atoms with Gasteiger partial charge in [-0.25, -0.2) is 17.6 Å². The molecule has 0 heterocycles. The third-order valence-electron chi connectivity index (χ3n) is 2.80. The van der Waals surface area contributed by atoms with Crippen molar-refractivity contribution in [3.63, 3.8) is 0 Å². The van der Waals surface area contributed by atoms with Crippen LogP contribution >= 0.6 is 0 Å². The molecule has 0 saturated heterocycles. The zero-order valence-corrected chi connectivity index (χ0v) is 10.9. The first kappa shape index (κ1) is 14.4. The summed E-state index contributed by atoms with van der Waals surface area (Å²) in [6.07, 6.45) is 0. The molecule has 0 amide bonds. The topological polar surface area (TPSA) is 9.23 Å². The normalized spacial score (nSPS) is 10.9. The van der Waals surface area contributed by atoms with Crippen LogP contribution in [0.3, 0.4) is 0 Å². The molecule has 0 aromatic heterocycles. The minimum absolute atomic E-state index is 0.0101. The minimum Gasteiger partial charge on any atom is -0.454 e. The summed E-state index contributed by atoms with van der Waals surface area (Å²) in [5.74, 6) is -4.60. The summed E-state index contributed by atoms with van der Waals surface area (Å²) in [7, 11) is 0. The molecule has 2 aromatic rings. The lowest BCUT2D eigenvalue weighted by Gasteiger charge is -2.11. The summed E-state index contributed by atoms with van der Waals surface area (Å²) < 4.78 is 58.0. The molecule has 20 heavy (non-hydrogen) atoms. The molecule has 0 fully saturated rings. The number of hydrogen-bond acceptors (Lipinski definition) is 1. The van der Waals surface area contributed by atoms with E-state index in [0.717, 1.165) is 6.07 Å². The van der Waals surface area contributed by atoms with Crippen LogP contribution in [0.1, 0.15) is 25.3 Å². The molecule has 2 rings (SSSR count). The van der Waals surface area contributed by atoms with Crippen LogP contribution < -0.4 is 4.74 Å². The predicted octanol–water partition coefficient (Wildman–Crippen LogP) is 5.16. The van der Waals surface area contributed by atoms with Gasteiger partial charge in [0.15, 0.2) is 23.2 Å². The lowest BCUT2D eigenvalue weighted by molar-refractivity contribution is 0.419. The number of benzene rings is 2. The lowest BCUT2D eigenvalue weighted by atomic mass is 10.0. The maximum absolute atomic E-state index is 13.7. The van der Waals surface area contributed by atoms with Gasteiger partial charge in [0.25, 0.3) is 0 Å². The van der Waals surface area contributed by atoms with Gasteiger partial charge in [-0.15, -0.1) is 0 Å². The van der Waals surface area contributed by atoms with Crippen molar-refractivity contribution >= 4 is 0 Å². The van der Waals surface area contributed by atoms with Gasteiger partial charge in [-0.2, -0.15) is 0 Å². The van der Waals surface area contributed by atoms with Gasteiger partial charge < -0.3 is 4.74 Å². The van der Waals surface area contributed by atoms with Gasteiger partial charge in [-0.3, -0.25) is 0 Å². The highest BCUT2D eigenvalue weighted by atomic mass is 19.2. The van der Waals surface area contributed by atoms with Gasteiger partial charge in [-0.1, -0.05) is 19.9 Å². The van der Waals surface area contributed by atoms with E-state index in [4.69, 9.17) is 4.74 Å². The van der Waals surface area contributed by atoms with E-state index in [1.807, 2.05) is 13.8 Å². The number of rotatable bonds is 3. The van der Waals surface area contributed by atoms with Crippen molar-refractivity contribution < 1.29 is 22.3 Å². The average molecular weight is 284 g/mol. The molecule has 0 aliphatic carbocycles. The minimum atomic E-state index is -1.31. The zero-order chi connectivity index (χ0) is 14.9. The standard InChI is InChI=1S/C15H12F4O/c1-8(2)10-4-3-9(5-11(10)16)20-15-7-13(18)12(17)6-14(15)19/h3-8H,1-2H3. The summed E-state index contributed by atoms with van der Waals surface area (Å²) in [5, 5.41) is 0. The number of ether oxygens (including phenoxy) is 1. The maximum Gasteiger partial charge on any atom is 0.168 e. The summed E-state index contributed by atoms with van der Waals surface area (Å²) in [5.41, 5.74) is 0.489. The molecule has 0 spiro atoms. The van der Waals surface area contributed by atoms with Crippen LogP contribution in [-0.2, 0) is 0 Å². The second-order valence-electron chi connectivity index (χ2n) is 4.64. The molecule has 0 unspecified atom stereocenters. The summed E-state index contributed by atoms with van der Waals surface area (Å²) in [6, 6.07) is 4.99. The largest absolute Gasteiger partial charge is 0.454 e. The SMILES string of the molecule is CC(C)c1ccc(Oc2cc(F)c(F)cc2F)cc1F. The van der Waals surface area contributed by atoms with E-state index < -0.39 is 29.0 Å². The van der Waals surface area contributed by atoms with Crippen molar-refractivity contribution in [3.05, 3.63) is 59.2 Å². The molecule has 1 nitrogen and oxygen atoms in total. The van der Waals surface area contributed by atoms with Crippen molar-refractivity contribution in [2.45, 2.75) is 19.8 Å². The van der Waals surface area contributed by atoms with E-state index in [9.17, 15) is 17.6 Å².